The van der Waals surface area contributed by atoms with E-state index in [-0.39, 0.29) is 0 Å². The van der Waals surface area contributed by atoms with E-state index >= 15 is 0 Å². The molecule has 1 saturated heterocycles. The van der Waals surface area contributed by atoms with E-state index in [0.717, 1.165) is 66.5 Å². The van der Waals surface area contributed by atoms with Crippen molar-refractivity contribution in [3.05, 3.63) is 42.0 Å². The third-order valence-corrected chi connectivity index (χ3v) is 5.61. The summed E-state index contributed by atoms with van der Waals surface area (Å²) in [5.74, 6) is 3.14. The number of nitrogens with zero attached hydrogens (tertiary/aromatic N) is 1. The van der Waals surface area contributed by atoms with Crippen LogP contribution in [-0.4, -0.2) is 57.2 Å². The topological polar surface area (TPSA) is 56.6 Å². The minimum absolute atomic E-state index is 0.313. The van der Waals surface area contributed by atoms with Gasteiger partial charge < -0.3 is 34.1 Å². The Morgan fingerprint density at radius 3 is 2.41 bits per heavy atom. The molecule has 2 heterocycles. The van der Waals surface area contributed by atoms with Crippen molar-refractivity contribution in [3.63, 3.8) is 0 Å². The molecule has 0 spiro atoms. The number of piperazine rings is 1. The molecule has 0 bridgehead atoms. The van der Waals surface area contributed by atoms with Crippen molar-refractivity contribution in [2.75, 3.05) is 52.5 Å². The molecule has 2 aromatic carbocycles. The maximum atomic E-state index is 5.63. The lowest BCUT2D eigenvalue weighted by atomic mass is 10.1. The largest absolute Gasteiger partial charge is 0.497 e. The first-order valence-electron chi connectivity index (χ1n) is 9.65. The van der Waals surface area contributed by atoms with Gasteiger partial charge in [-0.15, -0.1) is 0 Å². The van der Waals surface area contributed by atoms with Gasteiger partial charge in [0, 0.05) is 29.4 Å². The molecular formula is C21H26N3O4S+. The minimum Gasteiger partial charge on any atom is -0.497 e. The van der Waals surface area contributed by atoms with E-state index in [0.29, 0.717) is 6.79 Å². The lowest BCUT2D eigenvalue weighted by Crippen LogP contribution is -3.13. The van der Waals surface area contributed by atoms with Gasteiger partial charge in [-0.05, 0) is 30.4 Å². The fourth-order valence-corrected chi connectivity index (χ4v) is 3.92. The van der Waals surface area contributed by atoms with E-state index in [9.17, 15) is 0 Å². The van der Waals surface area contributed by atoms with Crippen LogP contribution < -0.4 is 29.2 Å². The second kappa shape index (κ2) is 8.75. The van der Waals surface area contributed by atoms with Gasteiger partial charge in [-0.1, -0.05) is 0 Å². The molecule has 0 amide bonds. The van der Waals surface area contributed by atoms with E-state index in [1.807, 2.05) is 24.3 Å². The zero-order valence-corrected chi connectivity index (χ0v) is 17.5. The molecule has 8 heteroatoms. The van der Waals surface area contributed by atoms with Gasteiger partial charge in [0.05, 0.1) is 40.4 Å². The van der Waals surface area contributed by atoms with Gasteiger partial charge in [0.1, 0.15) is 18.0 Å². The Balaban J connectivity index is 1.30. The Morgan fingerprint density at radius 1 is 1.03 bits per heavy atom. The summed E-state index contributed by atoms with van der Waals surface area (Å²) in [7, 11) is 3.28. The van der Waals surface area contributed by atoms with E-state index < -0.39 is 0 Å². The molecule has 2 aliphatic rings. The minimum atomic E-state index is 0.313. The molecule has 0 saturated carbocycles. The lowest BCUT2D eigenvalue weighted by Gasteiger charge is -2.34. The fraction of sp³-hybridized carbons (Fsp3) is 0.381. The molecule has 0 radical (unpaired) electrons. The van der Waals surface area contributed by atoms with Crippen molar-refractivity contribution in [2.24, 2.45) is 0 Å². The van der Waals surface area contributed by atoms with Crippen LogP contribution in [0.3, 0.4) is 0 Å². The summed E-state index contributed by atoms with van der Waals surface area (Å²) in [6, 6.07) is 11.9. The summed E-state index contributed by atoms with van der Waals surface area (Å²) >= 11 is 5.63. The third-order valence-electron chi connectivity index (χ3n) is 5.25. The van der Waals surface area contributed by atoms with Crippen LogP contribution >= 0.6 is 12.2 Å². The van der Waals surface area contributed by atoms with Crippen LogP contribution in [0.15, 0.2) is 36.4 Å². The molecule has 4 rings (SSSR count). The molecule has 154 valence electrons. The van der Waals surface area contributed by atoms with Crippen molar-refractivity contribution in [1.82, 2.24) is 4.90 Å². The monoisotopic (exact) mass is 416 g/mol. The molecule has 0 aromatic heterocycles. The standard InChI is InChI=1S/C21H25N3O4S/c1-25-17-10-16(11-18(12-17)26-2)22-21(29)24-7-5-23(6-8-24)13-15-3-4-19-20(9-15)28-14-27-19/h3-4,9-12H,5-8,13-14H2,1-2H3,(H,22,29)/p+1. The molecule has 7 nitrogen and oxygen atoms in total. The second-order valence-corrected chi connectivity index (χ2v) is 7.52. The zero-order chi connectivity index (χ0) is 20.2. The number of nitrogens with one attached hydrogen (secondary N) is 2. The SMILES string of the molecule is COc1cc(NC(=S)N2CC[NH+](Cc3ccc4c(c3)OCO4)CC2)cc(OC)c1. The number of anilines is 1. The van der Waals surface area contributed by atoms with Crippen molar-refractivity contribution in [2.45, 2.75) is 6.54 Å². The van der Waals surface area contributed by atoms with Gasteiger partial charge in [-0.25, -0.2) is 0 Å². The Hall–Kier alpha value is -2.71. The summed E-state index contributed by atoms with van der Waals surface area (Å²) in [4.78, 5) is 3.75. The molecular weight excluding hydrogens is 390 g/mol. The molecule has 29 heavy (non-hydrogen) atoms. The summed E-state index contributed by atoms with van der Waals surface area (Å²) < 4.78 is 21.5. The average molecular weight is 417 g/mol. The average Bonchev–Trinajstić information content (AvgIpc) is 3.21. The number of hydrogen-bond donors (Lipinski definition) is 2. The number of ether oxygens (including phenoxy) is 4. The van der Waals surface area contributed by atoms with Gasteiger partial charge in [-0.2, -0.15) is 0 Å². The van der Waals surface area contributed by atoms with Crippen LogP contribution in [-0.2, 0) is 6.54 Å². The number of fused-ring (bicyclic) bond motifs is 1. The van der Waals surface area contributed by atoms with E-state index in [1.165, 1.54) is 10.5 Å². The summed E-state index contributed by atoms with van der Waals surface area (Å²) in [6.07, 6.45) is 0. The van der Waals surface area contributed by atoms with Gasteiger partial charge >= 0.3 is 0 Å². The van der Waals surface area contributed by atoms with Crippen LogP contribution in [0.4, 0.5) is 5.69 Å². The number of thiocarbonyl (C=S) groups is 1. The highest BCUT2D eigenvalue weighted by Crippen LogP contribution is 2.32. The number of methoxy groups -OCH3 is 2. The van der Waals surface area contributed by atoms with Crippen LogP contribution in [0.2, 0.25) is 0 Å². The summed E-state index contributed by atoms with van der Waals surface area (Å²) in [5.41, 5.74) is 2.13. The summed E-state index contributed by atoms with van der Waals surface area (Å²) in [5, 5.41) is 4.04. The highest BCUT2D eigenvalue weighted by molar-refractivity contribution is 7.80. The number of hydrogen-bond acceptors (Lipinski definition) is 5. The predicted octanol–water partition coefficient (Wildman–Crippen LogP) is 1.53. The lowest BCUT2D eigenvalue weighted by molar-refractivity contribution is -0.917. The Kier molecular flexibility index (Phi) is 5.92. The van der Waals surface area contributed by atoms with Gasteiger partial charge in [-0.3, -0.25) is 0 Å². The van der Waals surface area contributed by atoms with Crippen LogP contribution in [0, 0.1) is 0 Å². The maximum Gasteiger partial charge on any atom is 0.231 e. The zero-order valence-electron chi connectivity index (χ0n) is 16.7. The number of quaternary nitrogens is 1. The van der Waals surface area contributed by atoms with Gasteiger partial charge in [0.15, 0.2) is 16.6 Å². The normalized spacial score (nSPS) is 15.9. The van der Waals surface area contributed by atoms with Crippen molar-refractivity contribution in [3.8, 4) is 23.0 Å². The number of benzene rings is 2. The van der Waals surface area contributed by atoms with Crippen LogP contribution in [0.25, 0.3) is 0 Å². The summed E-state index contributed by atoms with van der Waals surface area (Å²) in [6.45, 7) is 5.15. The fourth-order valence-electron chi connectivity index (χ4n) is 3.62. The van der Waals surface area contributed by atoms with Gasteiger partial charge in [0.25, 0.3) is 0 Å². The second-order valence-electron chi connectivity index (χ2n) is 7.13. The highest BCUT2D eigenvalue weighted by Gasteiger charge is 2.23. The molecule has 0 unspecified atom stereocenters. The third kappa shape index (κ3) is 4.65. The van der Waals surface area contributed by atoms with Crippen LogP contribution in [0.1, 0.15) is 5.56 Å². The predicted molar refractivity (Wildman–Crippen MR) is 114 cm³/mol. The number of rotatable bonds is 5. The molecule has 2 N–H and O–H groups in total. The van der Waals surface area contributed by atoms with Crippen molar-refractivity contribution in [1.29, 1.82) is 0 Å². The van der Waals surface area contributed by atoms with E-state index in [4.69, 9.17) is 31.2 Å². The molecule has 0 atom stereocenters. The molecule has 0 aliphatic carbocycles. The van der Waals surface area contributed by atoms with Crippen molar-refractivity contribution < 1.29 is 23.8 Å². The van der Waals surface area contributed by atoms with Gasteiger partial charge in [0.2, 0.25) is 6.79 Å². The van der Waals surface area contributed by atoms with E-state index in [2.05, 4.69) is 22.3 Å². The van der Waals surface area contributed by atoms with E-state index in [1.54, 1.807) is 14.2 Å². The molecule has 1 fully saturated rings. The first kappa shape index (κ1) is 19.6. The highest BCUT2D eigenvalue weighted by atomic mass is 32.1. The first-order valence-corrected chi connectivity index (χ1v) is 10.1. The maximum absolute atomic E-state index is 5.63. The molecule has 2 aliphatic heterocycles. The van der Waals surface area contributed by atoms with Crippen molar-refractivity contribution >= 4 is 23.0 Å². The molecule has 2 aromatic rings. The Morgan fingerprint density at radius 2 is 1.72 bits per heavy atom. The quantitative estimate of drug-likeness (QED) is 0.717. The smallest absolute Gasteiger partial charge is 0.231 e. The van der Waals surface area contributed by atoms with Crippen LogP contribution in [0.5, 0.6) is 23.0 Å². The Labute approximate surface area is 176 Å². The Bertz CT molecular complexity index is 862. The first-order chi connectivity index (χ1) is 14.1.